The normalized spacial score (nSPS) is 16.8. The van der Waals surface area contributed by atoms with Crippen molar-refractivity contribution in [1.82, 2.24) is 5.32 Å². The summed E-state index contributed by atoms with van der Waals surface area (Å²) >= 11 is 0. The fourth-order valence-electron chi connectivity index (χ4n) is 2.50. The summed E-state index contributed by atoms with van der Waals surface area (Å²) in [6, 6.07) is 0.253. The molecule has 0 aromatic heterocycles. The van der Waals surface area contributed by atoms with Crippen LogP contribution in [0.4, 0.5) is 13.2 Å². The van der Waals surface area contributed by atoms with E-state index in [0.717, 1.165) is 0 Å². The van der Waals surface area contributed by atoms with E-state index in [1.54, 1.807) is 0 Å². The zero-order chi connectivity index (χ0) is 17.4. The van der Waals surface area contributed by atoms with Crippen LogP contribution in [0.3, 0.4) is 0 Å². The molecule has 23 heavy (non-hydrogen) atoms. The first kappa shape index (κ1) is 16.9. The molecule has 126 valence electrons. The van der Waals surface area contributed by atoms with Gasteiger partial charge in [-0.05, 0) is 11.6 Å². The van der Waals surface area contributed by atoms with Gasteiger partial charge in [-0.1, -0.05) is 0 Å². The van der Waals surface area contributed by atoms with Crippen molar-refractivity contribution >= 4 is 11.7 Å². The second kappa shape index (κ2) is 5.98. The molecule has 0 bridgehead atoms. The van der Waals surface area contributed by atoms with Gasteiger partial charge in [-0.3, -0.25) is 9.59 Å². The van der Waals surface area contributed by atoms with Crippen molar-refractivity contribution in [2.45, 2.75) is 18.6 Å². The lowest BCUT2D eigenvalue weighted by atomic mass is 10.1. The van der Waals surface area contributed by atoms with Crippen LogP contribution in [0.25, 0.3) is 0 Å². The van der Waals surface area contributed by atoms with Crippen LogP contribution in [0.15, 0.2) is 6.07 Å². The van der Waals surface area contributed by atoms with Gasteiger partial charge < -0.3 is 19.5 Å². The number of methoxy groups -OCH3 is 3. The number of carbonyl (C=O) groups is 2. The van der Waals surface area contributed by atoms with E-state index in [1.165, 1.54) is 27.4 Å². The molecular weight excluding hydrogens is 319 g/mol. The fraction of sp³-hybridized carbons (Fsp3) is 0.429. The maximum Gasteiger partial charge on any atom is 0.471 e. The summed E-state index contributed by atoms with van der Waals surface area (Å²) in [7, 11) is 3.98. The van der Waals surface area contributed by atoms with Crippen LogP contribution >= 0.6 is 0 Å². The lowest BCUT2D eigenvalue weighted by Crippen LogP contribution is -2.38. The van der Waals surface area contributed by atoms with Gasteiger partial charge in [0.2, 0.25) is 5.75 Å². The van der Waals surface area contributed by atoms with Gasteiger partial charge in [-0.25, -0.2) is 0 Å². The van der Waals surface area contributed by atoms with Crippen LogP contribution < -0.4 is 19.5 Å². The quantitative estimate of drug-likeness (QED) is 0.912. The molecule has 1 atom stereocenters. The summed E-state index contributed by atoms with van der Waals surface area (Å²) in [6.45, 7) is 0. The molecule has 1 aromatic rings. The third kappa shape index (κ3) is 2.90. The number of halogens is 3. The largest absolute Gasteiger partial charge is 0.493 e. The molecule has 0 radical (unpaired) electrons. The lowest BCUT2D eigenvalue weighted by molar-refractivity contribution is -0.174. The Hall–Kier alpha value is -2.45. The van der Waals surface area contributed by atoms with Crippen molar-refractivity contribution in [1.29, 1.82) is 0 Å². The summed E-state index contributed by atoms with van der Waals surface area (Å²) in [6.07, 6.45) is -5.34. The monoisotopic (exact) mass is 333 g/mol. The average molecular weight is 333 g/mol. The Labute approximate surface area is 129 Å². The molecule has 1 unspecified atom stereocenters. The minimum absolute atomic E-state index is 0.0654. The highest BCUT2D eigenvalue weighted by atomic mass is 19.4. The second-order valence-electron chi connectivity index (χ2n) is 4.76. The Morgan fingerprint density at radius 2 is 1.78 bits per heavy atom. The van der Waals surface area contributed by atoms with Crippen LogP contribution in [-0.2, 0) is 4.79 Å². The molecule has 1 aliphatic carbocycles. The van der Waals surface area contributed by atoms with E-state index >= 15 is 0 Å². The molecule has 9 heteroatoms. The topological polar surface area (TPSA) is 73.9 Å². The van der Waals surface area contributed by atoms with Gasteiger partial charge in [0.1, 0.15) is 0 Å². The number of ether oxygens (including phenoxy) is 3. The molecule has 1 amide bonds. The number of alkyl halides is 3. The first-order valence-electron chi connectivity index (χ1n) is 6.48. The highest BCUT2D eigenvalue weighted by molar-refractivity contribution is 6.05. The highest BCUT2D eigenvalue weighted by Crippen LogP contribution is 2.47. The number of amides is 1. The van der Waals surface area contributed by atoms with Crippen LogP contribution in [0.1, 0.15) is 28.4 Å². The average Bonchev–Trinajstić information content (AvgIpc) is 2.80. The van der Waals surface area contributed by atoms with E-state index in [0.29, 0.717) is 0 Å². The molecule has 0 fully saturated rings. The van der Waals surface area contributed by atoms with E-state index < -0.39 is 23.9 Å². The maximum absolute atomic E-state index is 12.4. The van der Waals surface area contributed by atoms with Crippen LogP contribution in [-0.4, -0.2) is 39.2 Å². The maximum atomic E-state index is 12.4. The predicted octanol–water partition coefficient (Wildman–Crippen LogP) is 2.02. The molecule has 0 heterocycles. The molecule has 0 aliphatic heterocycles. The van der Waals surface area contributed by atoms with E-state index in [1.807, 2.05) is 5.32 Å². The first-order chi connectivity index (χ1) is 10.7. The summed E-state index contributed by atoms with van der Waals surface area (Å²) in [5.74, 6) is -2.16. The molecule has 0 spiro atoms. The number of fused-ring (bicyclic) bond motifs is 1. The Balaban J connectivity index is 2.52. The van der Waals surface area contributed by atoms with Crippen molar-refractivity contribution in [3.8, 4) is 17.2 Å². The molecule has 1 N–H and O–H groups in total. The van der Waals surface area contributed by atoms with Crippen LogP contribution in [0.2, 0.25) is 0 Å². The highest BCUT2D eigenvalue weighted by Gasteiger charge is 2.43. The van der Waals surface area contributed by atoms with E-state index in [2.05, 4.69) is 0 Å². The molecule has 2 rings (SSSR count). The van der Waals surface area contributed by atoms with Crippen molar-refractivity contribution in [2.75, 3.05) is 21.3 Å². The molecule has 6 nitrogen and oxygen atoms in total. The molecule has 0 saturated carbocycles. The van der Waals surface area contributed by atoms with Crippen molar-refractivity contribution < 1.29 is 37.0 Å². The minimum atomic E-state index is -5.04. The van der Waals surface area contributed by atoms with Crippen molar-refractivity contribution in [3.63, 3.8) is 0 Å². The van der Waals surface area contributed by atoms with E-state index in [9.17, 15) is 22.8 Å². The predicted molar refractivity (Wildman–Crippen MR) is 72.0 cm³/mol. The number of hydrogen-bond acceptors (Lipinski definition) is 5. The molecule has 0 saturated heterocycles. The number of ketones is 1. The summed E-state index contributed by atoms with van der Waals surface area (Å²) in [4.78, 5) is 23.3. The van der Waals surface area contributed by atoms with Crippen molar-refractivity contribution in [2.24, 2.45) is 0 Å². The van der Waals surface area contributed by atoms with E-state index in [4.69, 9.17) is 14.2 Å². The molecule has 1 aliphatic rings. The van der Waals surface area contributed by atoms with Gasteiger partial charge in [0.25, 0.3) is 0 Å². The standard InChI is InChI=1S/C14H14F3NO5/c1-21-9-4-6-7(18-13(20)14(15,16)17)5-8(19)10(6)12(23-3)11(9)22-2/h4,7H,5H2,1-3H3,(H,18,20). The lowest BCUT2D eigenvalue weighted by Gasteiger charge is -2.18. The number of rotatable bonds is 4. The molecule has 1 aromatic carbocycles. The minimum Gasteiger partial charge on any atom is -0.493 e. The summed E-state index contributed by atoms with van der Waals surface area (Å²) < 4.78 is 52.7. The summed E-state index contributed by atoms with van der Waals surface area (Å²) in [5, 5.41) is 1.81. The third-order valence-corrected chi connectivity index (χ3v) is 3.47. The third-order valence-electron chi connectivity index (χ3n) is 3.47. The summed E-state index contributed by atoms with van der Waals surface area (Å²) in [5.41, 5.74) is 0.278. The van der Waals surface area contributed by atoms with Gasteiger partial charge in [-0.2, -0.15) is 13.2 Å². The SMILES string of the molecule is COc1cc2c(c(OC)c1OC)C(=O)CC2NC(=O)C(F)(F)F. The number of Topliss-reactive ketones (excluding diaryl/α,β-unsaturated/α-hetero) is 1. The number of benzene rings is 1. The zero-order valence-electron chi connectivity index (χ0n) is 12.5. The van der Waals surface area contributed by atoms with Gasteiger partial charge in [0.05, 0.1) is 32.9 Å². The van der Waals surface area contributed by atoms with Crippen LogP contribution in [0, 0.1) is 0 Å². The van der Waals surface area contributed by atoms with Gasteiger partial charge in [-0.15, -0.1) is 0 Å². The first-order valence-corrected chi connectivity index (χ1v) is 6.48. The Kier molecular flexibility index (Phi) is 4.39. The number of hydrogen-bond donors (Lipinski definition) is 1. The number of carbonyl (C=O) groups excluding carboxylic acids is 2. The van der Waals surface area contributed by atoms with Gasteiger partial charge in [0.15, 0.2) is 17.3 Å². The zero-order valence-corrected chi connectivity index (χ0v) is 12.5. The Morgan fingerprint density at radius 1 is 1.17 bits per heavy atom. The number of nitrogens with one attached hydrogen (secondary N) is 1. The smallest absolute Gasteiger partial charge is 0.471 e. The van der Waals surface area contributed by atoms with Gasteiger partial charge in [0, 0.05) is 6.42 Å². The van der Waals surface area contributed by atoms with Gasteiger partial charge >= 0.3 is 12.1 Å². The Bertz CT molecular complexity index is 657. The van der Waals surface area contributed by atoms with Crippen LogP contribution in [0.5, 0.6) is 17.2 Å². The fourth-order valence-corrected chi connectivity index (χ4v) is 2.50. The van der Waals surface area contributed by atoms with Crippen molar-refractivity contribution in [3.05, 3.63) is 17.2 Å². The Morgan fingerprint density at radius 3 is 2.26 bits per heavy atom. The van der Waals surface area contributed by atoms with E-state index in [-0.39, 0.29) is 34.8 Å². The molecular formula is C14H14F3NO5. The second-order valence-corrected chi connectivity index (χ2v) is 4.76.